The van der Waals surface area contributed by atoms with Gasteiger partial charge < -0.3 is 10.3 Å². The molecule has 3 unspecified atom stereocenters. The Kier molecular flexibility index (Phi) is 2.50. The molecular formula is C14H17N3O2S. The van der Waals surface area contributed by atoms with Crippen molar-refractivity contribution in [2.45, 2.75) is 42.2 Å². The molecule has 1 aromatic heterocycles. The Morgan fingerprint density at radius 1 is 1.30 bits per heavy atom. The van der Waals surface area contributed by atoms with Crippen molar-refractivity contribution < 1.29 is 8.42 Å². The molecule has 2 N–H and O–H groups in total. The van der Waals surface area contributed by atoms with Gasteiger partial charge in [0.15, 0.2) is 9.84 Å². The molecule has 2 bridgehead atoms. The van der Waals surface area contributed by atoms with E-state index in [0.29, 0.717) is 22.9 Å². The molecule has 106 valence electrons. The van der Waals surface area contributed by atoms with Gasteiger partial charge in [0.25, 0.3) is 0 Å². The molecule has 5 nitrogen and oxygen atoms in total. The first-order valence-electron chi connectivity index (χ1n) is 6.96. The number of nitrogens with zero attached hydrogens (tertiary/aromatic N) is 1. The van der Waals surface area contributed by atoms with E-state index in [9.17, 15) is 8.42 Å². The number of aromatic nitrogens is 2. The highest BCUT2D eigenvalue weighted by molar-refractivity contribution is 7.90. The molecule has 0 radical (unpaired) electrons. The van der Waals surface area contributed by atoms with Crippen LogP contribution in [0, 0.1) is 0 Å². The van der Waals surface area contributed by atoms with Gasteiger partial charge in [-0.15, -0.1) is 0 Å². The number of fused-ring (bicyclic) bond motifs is 3. The summed E-state index contributed by atoms with van der Waals surface area (Å²) in [5.41, 5.74) is 1.65. The first kappa shape index (κ1) is 12.3. The number of benzene rings is 1. The zero-order chi connectivity index (χ0) is 13.9. The van der Waals surface area contributed by atoms with Crippen molar-refractivity contribution in [2.24, 2.45) is 0 Å². The summed E-state index contributed by atoms with van der Waals surface area (Å²) in [4.78, 5) is 8.30. The lowest BCUT2D eigenvalue weighted by molar-refractivity contribution is 0.491. The second-order valence-corrected chi connectivity index (χ2v) is 7.98. The molecule has 2 aromatic rings. The van der Waals surface area contributed by atoms with Crippen LogP contribution >= 0.6 is 0 Å². The van der Waals surface area contributed by atoms with Crippen molar-refractivity contribution in [3.63, 3.8) is 0 Å². The first-order chi connectivity index (χ1) is 9.50. The number of H-pyrrole nitrogens is 1. The summed E-state index contributed by atoms with van der Waals surface area (Å²) < 4.78 is 23.2. The van der Waals surface area contributed by atoms with Gasteiger partial charge in [-0.3, -0.25) is 0 Å². The number of nitrogens with one attached hydrogen (secondary N) is 2. The highest BCUT2D eigenvalue weighted by atomic mass is 32.2. The topological polar surface area (TPSA) is 74.8 Å². The molecule has 20 heavy (non-hydrogen) atoms. The van der Waals surface area contributed by atoms with E-state index < -0.39 is 9.84 Å². The summed E-state index contributed by atoms with van der Waals surface area (Å²) in [6.45, 7) is 0. The Morgan fingerprint density at radius 3 is 2.80 bits per heavy atom. The van der Waals surface area contributed by atoms with E-state index in [4.69, 9.17) is 0 Å². The molecule has 2 aliphatic heterocycles. The monoisotopic (exact) mass is 291 g/mol. The fourth-order valence-corrected chi connectivity index (χ4v) is 4.19. The van der Waals surface area contributed by atoms with Crippen LogP contribution in [-0.4, -0.2) is 36.7 Å². The minimum atomic E-state index is -3.17. The average Bonchev–Trinajstić information content (AvgIpc) is 3.10. The van der Waals surface area contributed by atoms with Crippen LogP contribution in [0.25, 0.3) is 11.0 Å². The van der Waals surface area contributed by atoms with Crippen molar-refractivity contribution in [2.75, 3.05) is 6.26 Å². The maximum absolute atomic E-state index is 11.6. The summed E-state index contributed by atoms with van der Waals surface area (Å²) in [5, 5.41) is 3.60. The molecule has 2 aliphatic rings. The molecular weight excluding hydrogens is 274 g/mol. The van der Waals surface area contributed by atoms with E-state index in [0.717, 1.165) is 23.3 Å². The van der Waals surface area contributed by atoms with E-state index in [1.54, 1.807) is 18.2 Å². The number of hydrogen-bond donors (Lipinski definition) is 2. The van der Waals surface area contributed by atoms with Gasteiger partial charge in [-0.2, -0.15) is 0 Å². The lowest BCUT2D eigenvalue weighted by Gasteiger charge is -2.17. The Balaban J connectivity index is 1.76. The number of hydrogen-bond acceptors (Lipinski definition) is 4. The fourth-order valence-electron chi connectivity index (χ4n) is 3.54. The fraction of sp³-hybridized carbons (Fsp3) is 0.500. The Labute approximate surface area is 117 Å². The lowest BCUT2D eigenvalue weighted by Crippen LogP contribution is -2.22. The quantitative estimate of drug-likeness (QED) is 0.881. The van der Waals surface area contributed by atoms with Crippen molar-refractivity contribution in [3.8, 4) is 0 Å². The predicted molar refractivity (Wildman–Crippen MR) is 76.5 cm³/mol. The highest BCUT2D eigenvalue weighted by Crippen LogP contribution is 2.39. The van der Waals surface area contributed by atoms with E-state index in [-0.39, 0.29) is 0 Å². The van der Waals surface area contributed by atoms with Crippen LogP contribution < -0.4 is 5.32 Å². The molecule has 0 spiro atoms. The van der Waals surface area contributed by atoms with Gasteiger partial charge in [-0.1, -0.05) is 0 Å². The predicted octanol–water partition coefficient (Wildman–Crippen LogP) is 1.57. The summed E-state index contributed by atoms with van der Waals surface area (Å²) in [6.07, 6.45) is 4.83. The van der Waals surface area contributed by atoms with Crippen molar-refractivity contribution >= 4 is 20.9 Å². The van der Waals surface area contributed by atoms with E-state index in [1.165, 1.54) is 19.1 Å². The van der Waals surface area contributed by atoms with Crippen molar-refractivity contribution in [3.05, 3.63) is 24.0 Å². The average molecular weight is 291 g/mol. The third-order valence-electron chi connectivity index (χ3n) is 4.55. The van der Waals surface area contributed by atoms with Crippen molar-refractivity contribution in [1.29, 1.82) is 0 Å². The molecule has 1 aromatic carbocycles. The third-order valence-corrected chi connectivity index (χ3v) is 5.66. The van der Waals surface area contributed by atoms with Crippen LogP contribution in [0.5, 0.6) is 0 Å². The van der Waals surface area contributed by atoms with E-state index >= 15 is 0 Å². The number of sulfone groups is 1. The van der Waals surface area contributed by atoms with Crippen LogP contribution in [0.2, 0.25) is 0 Å². The third kappa shape index (κ3) is 1.86. The van der Waals surface area contributed by atoms with Crippen LogP contribution in [0.4, 0.5) is 0 Å². The summed E-state index contributed by atoms with van der Waals surface area (Å²) >= 11 is 0. The van der Waals surface area contributed by atoms with Crippen LogP contribution in [0.15, 0.2) is 23.1 Å². The van der Waals surface area contributed by atoms with Gasteiger partial charge in [0.2, 0.25) is 0 Å². The summed E-state index contributed by atoms with van der Waals surface area (Å²) in [7, 11) is -3.17. The van der Waals surface area contributed by atoms with Gasteiger partial charge in [0, 0.05) is 24.3 Å². The molecule has 3 atom stereocenters. The largest absolute Gasteiger partial charge is 0.342 e. The normalized spacial score (nSPS) is 29.4. The maximum Gasteiger partial charge on any atom is 0.175 e. The van der Waals surface area contributed by atoms with Crippen LogP contribution in [0.1, 0.15) is 31.0 Å². The van der Waals surface area contributed by atoms with Gasteiger partial charge in [0.05, 0.1) is 15.9 Å². The second-order valence-electron chi connectivity index (χ2n) is 5.96. The Bertz CT molecular complexity index is 781. The molecule has 0 aliphatic carbocycles. The summed E-state index contributed by atoms with van der Waals surface area (Å²) in [6, 6.07) is 6.25. The van der Waals surface area contributed by atoms with Crippen molar-refractivity contribution in [1.82, 2.24) is 15.3 Å². The maximum atomic E-state index is 11.6. The Hall–Kier alpha value is -1.40. The van der Waals surface area contributed by atoms with Gasteiger partial charge in [0.1, 0.15) is 5.82 Å². The molecule has 2 saturated heterocycles. The minimum Gasteiger partial charge on any atom is -0.342 e. The number of aromatic amines is 1. The lowest BCUT2D eigenvalue weighted by atomic mass is 9.89. The second kappa shape index (κ2) is 4.05. The zero-order valence-electron chi connectivity index (χ0n) is 11.3. The van der Waals surface area contributed by atoms with E-state index in [2.05, 4.69) is 15.3 Å². The van der Waals surface area contributed by atoms with Crippen LogP contribution in [0.3, 0.4) is 0 Å². The molecule has 2 fully saturated rings. The molecule has 4 rings (SSSR count). The molecule has 3 heterocycles. The zero-order valence-corrected chi connectivity index (χ0v) is 12.1. The smallest absolute Gasteiger partial charge is 0.175 e. The number of rotatable bonds is 2. The molecule has 6 heteroatoms. The van der Waals surface area contributed by atoms with Gasteiger partial charge >= 0.3 is 0 Å². The van der Waals surface area contributed by atoms with Gasteiger partial charge in [-0.25, -0.2) is 13.4 Å². The Morgan fingerprint density at radius 2 is 2.15 bits per heavy atom. The SMILES string of the molecule is CS(=O)(=O)c1ccc2nc(C3CC4CCC3N4)[nH]c2c1. The van der Waals surface area contributed by atoms with Gasteiger partial charge in [-0.05, 0) is 37.5 Å². The molecule has 0 saturated carbocycles. The minimum absolute atomic E-state index is 0.339. The molecule has 0 amide bonds. The number of imidazole rings is 1. The summed E-state index contributed by atoms with van der Waals surface area (Å²) in [5.74, 6) is 1.42. The highest BCUT2D eigenvalue weighted by Gasteiger charge is 2.41. The standard InChI is InChI=1S/C14H17N3O2S/c1-20(18,19)9-3-5-12-13(7-9)17-14(16-12)10-6-8-2-4-11(10)15-8/h3,5,7-8,10-11,15H,2,4,6H2,1H3,(H,16,17). The van der Waals surface area contributed by atoms with E-state index in [1.807, 2.05) is 0 Å². The first-order valence-corrected chi connectivity index (χ1v) is 8.85. The van der Waals surface area contributed by atoms with Crippen LogP contribution in [-0.2, 0) is 9.84 Å².